The first kappa shape index (κ1) is 7.99. The van der Waals surface area contributed by atoms with Gasteiger partial charge in [-0.05, 0) is 33.2 Å². The highest BCUT2D eigenvalue weighted by Gasteiger charge is 2.36. The predicted octanol–water partition coefficient (Wildman–Crippen LogP) is 1.37. The molecule has 0 unspecified atom stereocenters. The first-order valence-electron chi connectivity index (χ1n) is 4.63. The maximum atomic E-state index is 11.2. The summed E-state index contributed by atoms with van der Waals surface area (Å²) < 4.78 is 0. The minimum atomic E-state index is 0.257. The molecule has 2 bridgehead atoms. The van der Waals surface area contributed by atoms with Crippen molar-refractivity contribution in [1.29, 1.82) is 0 Å². The van der Waals surface area contributed by atoms with Gasteiger partial charge in [-0.1, -0.05) is 6.08 Å². The van der Waals surface area contributed by atoms with Gasteiger partial charge in [0.1, 0.15) is 0 Å². The van der Waals surface area contributed by atoms with Crippen LogP contribution in [-0.2, 0) is 4.79 Å². The lowest BCUT2D eigenvalue weighted by Gasteiger charge is -2.30. The summed E-state index contributed by atoms with van der Waals surface area (Å²) in [5, 5.41) is 0. The molecule has 1 fully saturated rings. The zero-order chi connectivity index (χ0) is 8.72. The fraction of sp³-hybridized carbons (Fsp3) is 0.700. The van der Waals surface area contributed by atoms with E-state index in [0.717, 1.165) is 12.0 Å². The Morgan fingerprint density at radius 3 is 3.00 bits per heavy atom. The van der Waals surface area contributed by atoms with Gasteiger partial charge in [0.25, 0.3) is 0 Å². The zero-order valence-corrected chi connectivity index (χ0v) is 7.71. The maximum absolute atomic E-state index is 11.2. The number of rotatable bonds is 1. The highest BCUT2D eigenvalue weighted by molar-refractivity contribution is 5.94. The number of ketones is 1. The molecular formula is C10H15NO. The average Bonchev–Trinajstić information content (AvgIpc) is 2.32. The van der Waals surface area contributed by atoms with Gasteiger partial charge in [0.05, 0.1) is 0 Å². The summed E-state index contributed by atoms with van der Waals surface area (Å²) in [5.41, 5.74) is 1.05. The Morgan fingerprint density at radius 2 is 2.33 bits per heavy atom. The molecule has 0 aliphatic carbocycles. The Kier molecular flexibility index (Phi) is 1.80. The van der Waals surface area contributed by atoms with Crippen molar-refractivity contribution in [2.45, 2.75) is 38.3 Å². The van der Waals surface area contributed by atoms with Crippen molar-refractivity contribution in [3.8, 4) is 0 Å². The van der Waals surface area contributed by atoms with Crippen LogP contribution in [0, 0.1) is 0 Å². The quantitative estimate of drug-likeness (QED) is 0.585. The van der Waals surface area contributed by atoms with Crippen LogP contribution in [0.3, 0.4) is 0 Å². The highest BCUT2D eigenvalue weighted by atomic mass is 16.1. The van der Waals surface area contributed by atoms with Gasteiger partial charge in [-0.25, -0.2) is 0 Å². The molecule has 0 aromatic carbocycles. The molecule has 0 saturated carbocycles. The third-order valence-electron chi connectivity index (χ3n) is 3.22. The number of hydrogen-bond donors (Lipinski definition) is 0. The number of likely N-dealkylation sites (N-methyl/N-ethyl adjacent to an activating group) is 1. The van der Waals surface area contributed by atoms with Crippen LogP contribution >= 0.6 is 0 Å². The molecule has 2 aliphatic heterocycles. The summed E-state index contributed by atoms with van der Waals surface area (Å²) in [7, 11) is 2.14. The third-order valence-corrected chi connectivity index (χ3v) is 3.22. The summed E-state index contributed by atoms with van der Waals surface area (Å²) in [6.07, 6.45) is 5.65. The van der Waals surface area contributed by atoms with E-state index in [0.29, 0.717) is 12.1 Å². The van der Waals surface area contributed by atoms with E-state index in [1.807, 2.05) is 0 Å². The van der Waals surface area contributed by atoms with E-state index in [4.69, 9.17) is 0 Å². The van der Waals surface area contributed by atoms with Gasteiger partial charge in [-0.15, -0.1) is 0 Å². The zero-order valence-electron chi connectivity index (χ0n) is 7.71. The highest BCUT2D eigenvalue weighted by Crippen LogP contribution is 2.34. The van der Waals surface area contributed by atoms with E-state index < -0.39 is 0 Å². The van der Waals surface area contributed by atoms with E-state index in [-0.39, 0.29) is 5.78 Å². The van der Waals surface area contributed by atoms with E-state index in [2.05, 4.69) is 18.0 Å². The molecule has 12 heavy (non-hydrogen) atoms. The van der Waals surface area contributed by atoms with Crippen molar-refractivity contribution in [2.75, 3.05) is 7.05 Å². The number of nitrogens with zero attached hydrogens (tertiary/aromatic N) is 1. The van der Waals surface area contributed by atoms with Crippen molar-refractivity contribution in [1.82, 2.24) is 4.90 Å². The van der Waals surface area contributed by atoms with Gasteiger partial charge in [-0.3, -0.25) is 9.69 Å². The monoisotopic (exact) mass is 165 g/mol. The van der Waals surface area contributed by atoms with E-state index in [1.165, 1.54) is 12.8 Å². The Morgan fingerprint density at radius 1 is 1.58 bits per heavy atom. The molecule has 0 aromatic heterocycles. The van der Waals surface area contributed by atoms with Gasteiger partial charge in [0.15, 0.2) is 5.78 Å². The van der Waals surface area contributed by atoms with Crippen LogP contribution < -0.4 is 0 Å². The Hall–Kier alpha value is -0.630. The molecule has 0 N–H and O–H groups in total. The second kappa shape index (κ2) is 2.70. The number of hydrogen-bond acceptors (Lipinski definition) is 2. The summed E-state index contributed by atoms with van der Waals surface area (Å²) in [4.78, 5) is 13.6. The topological polar surface area (TPSA) is 20.3 Å². The van der Waals surface area contributed by atoms with Crippen LogP contribution in [0.4, 0.5) is 0 Å². The lowest BCUT2D eigenvalue weighted by Crippen LogP contribution is -2.37. The fourth-order valence-electron chi connectivity index (χ4n) is 2.45. The number of fused-ring (bicyclic) bond motifs is 2. The SMILES string of the molecule is CC(=O)C1=CC[C@H]2CC[C@@H]1N2C. The summed E-state index contributed by atoms with van der Waals surface area (Å²) in [6.45, 7) is 1.68. The van der Waals surface area contributed by atoms with Crippen molar-refractivity contribution in [3.63, 3.8) is 0 Å². The van der Waals surface area contributed by atoms with Crippen molar-refractivity contribution < 1.29 is 4.79 Å². The molecule has 0 spiro atoms. The van der Waals surface area contributed by atoms with E-state index >= 15 is 0 Å². The predicted molar refractivity (Wildman–Crippen MR) is 48.0 cm³/mol. The molecule has 1 saturated heterocycles. The molecule has 2 atom stereocenters. The minimum Gasteiger partial charge on any atom is -0.296 e. The lowest BCUT2D eigenvalue weighted by atomic mass is 9.99. The molecule has 2 heteroatoms. The van der Waals surface area contributed by atoms with Crippen LogP contribution in [-0.4, -0.2) is 29.8 Å². The van der Waals surface area contributed by atoms with Crippen LogP contribution in [0.15, 0.2) is 11.6 Å². The number of carbonyl (C=O) groups excluding carboxylic acids is 1. The van der Waals surface area contributed by atoms with Crippen molar-refractivity contribution in [3.05, 3.63) is 11.6 Å². The van der Waals surface area contributed by atoms with Crippen LogP contribution in [0.25, 0.3) is 0 Å². The van der Waals surface area contributed by atoms with Crippen LogP contribution in [0.5, 0.6) is 0 Å². The first-order valence-corrected chi connectivity index (χ1v) is 4.63. The van der Waals surface area contributed by atoms with Crippen molar-refractivity contribution >= 4 is 5.78 Å². The maximum Gasteiger partial charge on any atom is 0.157 e. The van der Waals surface area contributed by atoms with Gasteiger partial charge in [-0.2, -0.15) is 0 Å². The van der Waals surface area contributed by atoms with Crippen LogP contribution in [0.2, 0.25) is 0 Å². The smallest absolute Gasteiger partial charge is 0.157 e. The number of carbonyl (C=O) groups is 1. The molecule has 2 aliphatic rings. The molecular weight excluding hydrogens is 150 g/mol. The molecule has 0 amide bonds. The summed E-state index contributed by atoms with van der Waals surface area (Å²) >= 11 is 0. The van der Waals surface area contributed by atoms with Gasteiger partial charge in [0, 0.05) is 17.7 Å². The standard InChI is InChI=1S/C10H15NO/c1-7(12)9-5-3-8-4-6-10(9)11(8)2/h5,8,10H,3-4,6H2,1-2H3/t8-,10-/m0/s1. The minimum absolute atomic E-state index is 0.257. The first-order chi connectivity index (χ1) is 5.70. The molecule has 66 valence electrons. The third kappa shape index (κ3) is 1.02. The lowest BCUT2D eigenvalue weighted by molar-refractivity contribution is -0.114. The average molecular weight is 165 g/mol. The Labute approximate surface area is 73.2 Å². The number of Topliss-reactive ketones (excluding diaryl/α,β-unsaturated/α-hetero) is 1. The van der Waals surface area contributed by atoms with Crippen LogP contribution in [0.1, 0.15) is 26.2 Å². The molecule has 2 nitrogen and oxygen atoms in total. The Balaban J connectivity index is 2.27. The summed E-state index contributed by atoms with van der Waals surface area (Å²) in [6, 6.07) is 1.14. The van der Waals surface area contributed by atoms with E-state index in [1.54, 1.807) is 6.92 Å². The largest absolute Gasteiger partial charge is 0.296 e. The second-order valence-electron chi connectivity index (χ2n) is 3.86. The van der Waals surface area contributed by atoms with Gasteiger partial charge < -0.3 is 0 Å². The molecule has 0 radical (unpaired) electrons. The molecule has 0 aromatic rings. The second-order valence-corrected chi connectivity index (χ2v) is 3.86. The molecule has 2 rings (SSSR count). The van der Waals surface area contributed by atoms with E-state index in [9.17, 15) is 4.79 Å². The van der Waals surface area contributed by atoms with Gasteiger partial charge >= 0.3 is 0 Å². The van der Waals surface area contributed by atoms with Gasteiger partial charge in [0.2, 0.25) is 0 Å². The fourth-order valence-corrected chi connectivity index (χ4v) is 2.45. The Bertz CT molecular complexity index is 244. The summed E-state index contributed by atoms with van der Waals surface area (Å²) in [5.74, 6) is 0.257. The molecule has 2 heterocycles. The normalized spacial score (nSPS) is 35.0. The van der Waals surface area contributed by atoms with Crippen molar-refractivity contribution in [2.24, 2.45) is 0 Å².